The van der Waals surface area contributed by atoms with E-state index in [1.165, 1.54) is 24.8 Å². The molecule has 0 unspecified atom stereocenters. The summed E-state index contributed by atoms with van der Waals surface area (Å²) in [6.45, 7) is 0.663. The number of benzene rings is 1. The normalized spacial score (nSPS) is 14.1. The lowest BCUT2D eigenvalue weighted by atomic mass is 10.1. The summed E-state index contributed by atoms with van der Waals surface area (Å²) in [6.07, 6.45) is 6.79. The first kappa shape index (κ1) is 13.5. The standard InChI is InChI=1S/C15H20N2O2/c1-19-12-6-7-13(14(16)10-12)15(18)17-9-8-11-4-2-3-5-11/h4,6-7,10H,2-3,5,8-9,16H2,1H3,(H,17,18). The van der Waals surface area contributed by atoms with Crippen LogP contribution in [0.1, 0.15) is 36.0 Å². The monoisotopic (exact) mass is 260 g/mol. The zero-order chi connectivity index (χ0) is 13.7. The number of anilines is 1. The van der Waals surface area contributed by atoms with Gasteiger partial charge < -0.3 is 15.8 Å². The number of carbonyl (C=O) groups excluding carboxylic acids is 1. The van der Waals surface area contributed by atoms with Gasteiger partial charge in [-0.3, -0.25) is 4.79 Å². The van der Waals surface area contributed by atoms with Crippen LogP contribution in [-0.2, 0) is 0 Å². The summed E-state index contributed by atoms with van der Waals surface area (Å²) in [5.74, 6) is 0.531. The van der Waals surface area contributed by atoms with E-state index in [2.05, 4.69) is 11.4 Å². The maximum Gasteiger partial charge on any atom is 0.253 e. The highest BCUT2D eigenvalue weighted by Crippen LogP contribution is 2.21. The Morgan fingerprint density at radius 2 is 2.32 bits per heavy atom. The zero-order valence-corrected chi connectivity index (χ0v) is 11.2. The van der Waals surface area contributed by atoms with E-state index < -0.39 is 0 Å². The second kappa shape index (κ2) is 6.27. The third-order valence-corrected chi connectivity index (χ3v) is 3.37. The van der Waals surface area contributed by atoms with Crippen molar-refractivity contribution in [1.29, 1.82) is 0 Å². The largest absolute Gasteiger partial charge is 0.497 e. The molecule has 1 aliphatic rings. The van der Waals surface area contributed by atoms with Gasteiger partial charge in [0.2, 0.25) is 0 Å². The smallest absolute Gasteiger partial charge is 0.253 e. The number of allylic oxidation sites excluding steroid dienone is 1. The van der Waals surface area contributed by atoms with Gasteiger partial charge in [0, 0.05) is 18.3 Å². The topological polar surface area (TPSA) is 64.3 Å². The van der Waals surface area contributed by atoms with E-state index in [9.17, 15) is 4.79 Å². The lowest BCUT2D eigenvalue weighted by molar-refractivity contribution is 0.0955. The molecule has 1 amide bonds. The molecule has 102 valence electrons. The van der Waals surface area contributed by atoms with Crippen LogP contribution in [0, 0.1) is 0 Å². The van der Waals surface area contributed by atoms with Gasteiger partial charge in [-0.15, -0.1) is 0 Å². The molecule has 4 nitrogen and oxygen atoms in total. The van der Waals surface area contributed by atoms with Gasteiger partial charge in [-0.05, 0) is 37.8 Å². The van der Waals surface area contributed by atoms with Crippen molar-refractivity contribution in [1.82, 2.24) is 5.32 Å². The van der Waals surface area contributed by atoms with Gasteiger partial charge >= 0.3 is 0 Å². The number of amides is 1. The number of methoxy groups -OCH3 is 1. The predicted octanol–water partition coefficient (Wildman–Crippen LogP) is 2.51. The molecule has 1 aromatic carbocycles. The molecule has 0 aliphatic heterocycles. The van der Waals surface area contributed by atoms with Crippen molar-refractivity contribution < 1.29 is 9.53 Å². The van der Waals surface area contributed by atoms with Crippen molar-refractivity contribution in [2.24, 2.45) is 0 Å². The van der Waals surface area contributed by atoms with Crippen molar-refractivity contribution >= 4 is 11.6 Å². The summed E-state index contributed by atoms with van der Waals surface area (Å²) in [5.41, 5.74) is 8.23. The number of nitrogens with two attached hydrogens (primary N) is 1. The zero-order valence-electron chi connectivity index (χ0n) is 11.2. The molecule has 0 bridgehead atoms. The van der Waals surface area contributed by atoms with Crippen LogP contribution in [0.2, 0.25) is 0 Å². The molecule has 0 fully saturated rings. The number of nitrogens with one attached hydrogen (secondary N) is 1. The highest BCUT2D eigenvalue weighted by Gasteiger charge is 2.11. The van der Waals surface area contributed by atoms with E-state index in [0.29, 0.717) is 23.5 Å². The Bertz CT molecular complexity index is 495. The van der Waals surface area contributed by atoms with Gasteiger partial charge in [-0.2, -0.15) is 0 Å². The molecule has 2 rings (SSSR count). The fourth-order valence-corrected chi connectivity index (χ4v) is 2.27. The Balaban J connectivity index is 1.88. The van der Waals surface area contributed by atoms with E-state index in [1.807, 2.05) is 0 Å². The predicted molar refractivity (Wildman–Crippen MR) is 76.3 cm³/mol. The summed E-state index contributed by atoms with van der Waals surface area (Å²) in [4.78, 5) is 12.0. The van der Waals surface area contributed by atoms with Gasteiger partial charge in [0.05, 0.1) is 12.7 Å². The van der Waals surface area contributed by atoms with Crippen LogP contribution in [-0.4, -0.2) is 19.6 Å². The van der Waals surface area contributed by atoms with Crippen molar-refractivity contribution in [2.75, 3.05) is 19.4 Å². The molecule has 1 aromatic rings. The molecule has 0 saturated heterocycles. The summed E-state index contributed by atoms with van der Waals surface area (Å²) in [7, 11) is 1.57. The third kappa shape index (κ3) is 3.50. The number of hydrogen-bond donors (Lipinski definition) is 2. The van der Waals surface area contributed by atoms with E-state index in [4.69, 9.17) is 10.5 Å². The molecule has 4 heteroatoms. The molecule has 19 heavy (non-hydrogen) atoms. The van der Waals surface area contributed by atoms with E-state index in [1.54, 1.807) is 25.3 Å². The molecule has 0 atom stereocenters. The van der Waals surface area contributed by atoms with Crippen LogP contribution >= 0.6 is 0 Å². The Kier molecular flexibility index (Phi) is 4.44. The maximum absolute atomic E-state index is 12.0. The molecule has 0 aromatic heterocycles. The van der Waals surface area contributed by atoms with Crippen LogP contribution in [0.25, 0.3) is 0 Å². The Morgan fingerprint density at radius 3 is 2.95 bits per heavy atom. The van der Waals surface area contributed by atoms with Crippen molar-refractivity contribution in [3.63, 3.8) is 0 Å². The highest BCUT2D eigenvalue weighted by molar-refractivity contribution is 5.99. The van der Waals surface area contributed by atoms with Crippen LogP contribution in [0.15, 0.2) is 29.8 Å². The van der Waals surface area contributed by atoms with Crippen molar-refractivity contribution in [3.8, 4) is 5.75 Å². The number of rotatable bonds is 5. The van der Waals surface area contributed by atoms with Crippen LogP contribution < -0.4 is 15.8 Å². The molecule has 0 spiro atoms. The summed E-state index contributed by atoms with van der Waals surface area (Å²) in [5, 5.41) is 2.90. The second-order valence-corrected chi connectivity index (χ2v) is 4.71. The third-order valence-electron chi connectivity index (χ3n) is 3.37. The number of ether oxygens (including phenoxy) is 1. The molecule has 0 heterocycles. The molecule has 0 saturated carbocycles. The quantitative estimate of drug-likeness (QED) is 0.631. The molecule has 1 aliphatic carbocycles. The van der Waals surface area contributed by atoms with Gasteiger partial charge in [0.1, 0.15) is 5.75 Å². The number of hydrogen-bond acceptors (Lipinski definition) is 3. The van der Waals surface area contributed by atoms with E-state index >= 15 is 0 Å². The number of carbonyl (C=O) groups is 1. The van der Waals surface area contributed by atoms with Crippen molar-refractivity contribution in [2.45, 2.75) is 25.7 Å². The summed E-state index contributed by atoms with van der Waals surface area (Å²) in [6, 6.07) is 5.09. The molecule has 0 radical (unpaired) electrons. The van der Waals surface area contributed by atoms with Crippen LogP contribution in [0.3, 0.4) is 0 Å². The average molecular weight is 260 g/mol. The van der Waals surface area contributed by atoms with Gasteiger partial charge in [0.25, 0.3) is 5.91 Å². The fourth-order valence-electron chi connectivity index (χ4n) is 2.27. The van der Waals surface area contributed by atoms with Gasteiger partial charge in [0.15, 0.2) is 0 Å². The van der Waals surface area contributed by atoms with Gasteiger partial charge in [-0.1, -0.05) is 11.6 Å². The Hall–Kier alpha value is -1.97. The molecule has 3 N–H and O–H groups in total. The fraction of sp³-hybridized carbons (Fsp3) is 0.400. The van der Waals surface area contributed by atoms with Crippen LogP contribution in [0.5, 0.6) is 5.75 Å². The SMILES string of the molecule is COc1ccc(C(=O)NCCC2=CCCC2)c(N)c1. The second-order valence-electron chi connectivity index (χ2n) is 4.71. The minimum atomic E-state index is -0.126. The maximum atomic E-state index is 12.0. The van der Waals surface area contributed by atoms with Gasteiger partial charge in [-0.25, -0.2) is 0 Å². The molecular formula is C15H20N2O2. The summed E-state index contributed by atoms with van der Waals surface area (Å²) >= 11 is 0. The van der Waals surface area contributed by atoms with E-state index in [-0.39, 0.29) is 5.91 Å². The van der Waals surface area contributed by atoms with Crippen molar-refractivity contribution in [3.05, 3.63) is 35.4 Å². The minimum absolute atomic E-state index is 0.126. The Morgan fingerprint density at radius 1 is 1.47 bits per heavy atom. The lowest BCUT2D eigenvalue weighted by Gasteiger charge is -2.09. The van der Waals surface area contributed by atoms with E-state index in [0.717, 1.165) is 6.42 Å². The lowest BCUT2D eigenvalue weighted by Crippen LogP contribution is -2.25. The summed E-state index contributed by atoms with van der Waals surface area (Å²) < 4.78 is 5.06. The van der Waals surface area contributed by atoms with Crippen LogP contribution in [0.4, 0.5) is 5.69 Å². The number of nitrogen functional groups attached to an aromatic ring is 1. The first-order valence-electron chi connectivity index (χ1n) is 6.60. The first-order chi connectivity index (χ1) is 9.20. The Labute approximate surface area is 113 Å². The average Bonchev–Trinajstić information content (AvgIpc) is 2.91. The molecular weight excluding hydrogens is 240 g/mol. The highest BCUT2D eigenvalue weighted by atomic mass is 16.5. The minimum Gasteiger partial charge on any atom is -0.497 e. The first-order valence-corrected chi connectivity index (χ1v) is 6.60.